The Kier molecular flexibility index (Phi) is 5.72. The number of hydrogen-bond donors (Lipinski definition) is 1. The predicted molar refractivity (Wildman–Crippen MR) is 105 cm³/mol. The molecule has 0 aliphatic rings. The van der Waals surface area contributed by atoms with Crippen LogP contribution >= 0.6 is 0 Å². The van der Waals surface area contributed by atoms with Crippen LogP contribution in [0.15, 0.2) is 46.8 Å². The topological polar surface area (TPSA) is 133 Å². The molecule has 0 bridgehead atoms. The summed E-state index contributed by atoms with van der Waals surface area (Å²) < 4.78 is 5.72. The van der Waals surface area contributed by atoms with E-state index in [0.717, 1.165) is 11.1 Å². The molecule has 10 heteroatoms. The zero-order chi connectivity index (χ0) is 21.0. The number of pyridine rings is 2. The number of H-pyrrole nitrogens is 1. The third-order valence-electron chi connectivity index (χ3n) is 4.21. The van der Waals surface area contributed by atoms with Crippen LogP contribution in [0, 0.1) is 13.8 Å². The molecule has 4 rings (SSSR count). The van der Waals surface area contributed by atoms with E-state index in [1.54, 1.807) is 31.5 Å². The second-order valence-corrected chi connectivity index (χ2v) is 6.14. The van der Waals surface area contributed by atoms with Crippen LogP contribution in [0.25, 0.3) is 22.1 Å². The molecule has 29 heavy (non-hydrogen) atoms. The molecule has 0 aliphatic heterocycles. The smallest absolute Gasteiger partial charge is 0.325 e. The lowest BCUT2D eigenvalue weighted by Crippen LogP contribution is -2.25. The highest BCUT2D eigenvalue weighted by molar-refractivity contribution is 5.77. The highest BCUT2D eigenvalue weighted by Gasteiger charge is 2.10. The zero-order valence-electron chi connectivity index (χ0n) is 16.0. The van der Waals surface area contributed by atoms with Gasteiger partial charge in [0.15, 0.2) is 11.3 Å². The van der Waals surface area contributed by atoms with E-state index in [4.69, 9.17) is 0 Å². The Morgan fingerprint density at radius 2 is 1.62 bits per heavy atom. The quantitative estimate of drug-likeness (QED) is 0.496. The molecular weight excluding hydrogens is 376 g/mol. The van der Waals surface area contributed by atoms with E-state index in [2.05, 4.69) is 29.7 Å². The van der Waals surface area contributed by atoms with Crippen molar-refractivity contribution in [2.45, 2.75) is 20.4 Å². The molecule has 0 saturated carbocycles. The molecule has 10 nitrogen and oxygen atoms in total. The molecule has 1 N–H and O–H groups in total. The van der Waals surface area contributed by atoms with Gasteiger partial charge in [-0.2, -0.15) is 0 Å². The maximum Gasteiger partial charge on any atom is 0.325 e. The normalized spacial score (nSPS) is 10.4. The van der Waals surface area contributed by atoms with Gasteiger partial charge < -0.3 is 9.72 Å². The minimum Gasteiger partial charge on any atom is -0.468 e. The lowest BCUT2D eigenvalue weighted by atomic mass is 10.2. The van der Waals surface area contributed by atoms with Gasteiger partial charge in [-0.1, -0.05) is 0 Å². The highest BCUT2D eigenvalue weighted by Crippen LogP contribution is 2.08. The number of aromatic amines is 1. The minimum atomic E-state index is -0.491. The predicted octanol–water partition coefficient (Wildman–Crippen LogP) is 0.899. The number of carbonyl (C=O) groups is 1. The van der Waals surface area contributed by atoms with Crippen molar-refractivity contribution in [2.75, 3.05) is 7.11 Å². The van der Waals surface area contributed by atoms with Crippen molar-refractivity contribution in [3.63, 3.8) is 0 Å². The molecule has 0 radical (unpaired) electrons. The highest BCUT2D eigenvalue weighted by atomic mass is 16.5. The number of aromatic nitrogens is 6. The molecule has 0 aliphatic carbocycles. The third kappa shape index (κ3) is 4.15. The Labute approximate surface area is 164 Å². The molecule has 4 heterocycles. The van der Waals surface area contributed by atoms with Gasteiger partial charge in [-0.25, -0.2) is 19.9 Å². The summed E-state index contributed by atoms with van der Waals surface area (Å²) >= 11 is 0. The van der Waals surface area contributed by atoms with Gasteiger partial charge in [0.2, 0.25) is 0 Å². The maximum atomic E-state index is 12.1. The lowest BCUT2D eigenvalue weighted by molar-refractivity contribution is -0.141. The summed E-state index contributed by atoms with van der Waals surface area (Å²) in [7, 11) is 1.27. The Morgan fingerprint density at radius 1 is 1.00 bits per heavy atom. The summed E-state index contributed by atoms with van der Waals surface area (Å²) in [5.74, 6) is -0.491. The fraction of sp³-hybridized carbons (Fsp3) is 0.211. The molecule has 0 unspecified atom stereocenters. The Bertz CT molecular complexity index is 1310. The van der Waals surface area contributed by atoms with Crippen LogP contribution in [-0.2, 0) is 16.1 Å². The number of methoxy groups -OCH3 is 1. The summed E-state index contributed by atoms with van der Waals surface area (Å²) in [5.41, 5.74) is 2.15. The van der Waals surface area contributed by atoms with Crippen LogP contribution in [0.2, 0.25) is 0 Å². The first-order chi connectivity index (χ1) is 13.9. The number of rotatable bonds is 2. The summed E-state index contributed by atoms with van der Waals surface area (Å²) in [6.07, 6.45) is 5.89. The molecule has 148 valence electrons. The fourth-order valence-electron chi connectivity index (χ4n) is 2.69. The fourth-order valence-corrected chi connectivity index (χ4v) is 2.69. The van der Waals surface area contributed by atoms with E-state index in [1.807, 2.05) is 6.92 Å². The van der Waals surface area contributed by atoms with Crippen LogP contribution in [0.3, 0.4) is 0 Å². The van der Waals surface area contributed by atoms with Crippen LogP contribution in [0.5, 0.6) is 0 Å². The van der Waals surface area contributed by atoms with Gasteiger partial charge in [0.1, 0.15) is 12.9 Å². The standard InChI is InChI=1S/C11H11N3O3.C8H7N3O/c1-7-3-4-12-10-9(7)11(16)14(6-13-10)5-8(15)17-2;1-5-2-3-9-7-6(5)8(12)11-4-10-7/h3-4,6H,5H2,1-2H3;2-4H,1H3,(H,9,10,11,12). The SMILES string of the molecule is COC(=O)Cn1cnc2nccc(C)c2c1=O.Cc1ccnc2nc[nH]c(=O)c12. The average Bonchev–Trinajstić information content (AvgIpc) is 2.71. The maximum absolute atomic E-state index is 12.1. The largest absolute Gasteiger partial charge is 0.468 e. The van der Waals surface area contributed by atoms with Crippen molar-refractivity contribution < 1.29 is 9.53 Å². The molecule has 0 spiro atoms. The minimum absolute atomic E-state index is 0.134. The van der Waals surface area contributed by atoms with Crippen LogP contribution in [0.4, 0.5) is 0 Å². The second kappa shape index (κ2) is 8.38. The van der Waals surface area contributed by atoms with Gasteiger partial charge in [-0.3, -0.25) is 19.0 Å². The van der Waals surface area contributed by atoms with Crippen molar-refractivity contribution in [3.05, 3.63) is 69.0 Å². The molecule has 0 saturated heterocycles. The average molecular weight is 394 g/mol. The number of carbonyl (C=O) groups excluding carboxylic acids is 1. The Balaban J connectivity index is 0.000000176. The second-order valence-electron chi connectivity index (χ2n) is 6.14. The van der Waals surface area contributed by atoms with Gasteiger partial charge in [-0.15, -0.1) is 0 Å². The van der Waals surface area contributed by atoms with Gasteiger partial charge >= 0.3 is 5.97 Å². The number of ether oxygens (including phenoxy) is 1. The zero-order valence-corrected chi connectivity index (χ0v) is 16.0. The van der Waals surface area contributed by atoms with Crippen molar-refractivity contribution >= 4 is 28.0 Å². The molecule has 0 fully saturated rings. The van der Waals surface area contributed by atoms with E-state index >= 15 is 0 Å². The van der Waals surface area contributed by atoms with E-state index in [1.165, 1.54) is 24.3 Å². The van der Waals surface area contributed by atoms with Crippen molar-refractivity contribution in [1.82, 2.24) is 29.5 Å². The van der Waals surface area contributed by atoms with Gasteiger partial charge in [0, 0.05) is 12.4 Å². The van der Waals surface area contributed by atoms with E-state index in [9.17, 15) is 14.4 Å². The number of aryl methyl sites for hydroxylation is 2. The molecule has 0 amide bonds. The molecular formula is C19H18N6O4. The van der Waals surface area contributed by atoms with Gasteiger partial charge in [0.05, 0.1) is 24.2 Å². The number of nitrogens with zero attached hydrogens (tertiary/aromatic N) is 5. The Morgan fingerprint density at radius 3 is 2.24 bits per heavy atom. The molecule has 4 aromatic rings. The first-order valence-corrected chi connectivity index (χ1v) is 8.59. The van der Waals surface area contributed by atoms with Crippen LogP contribution in [-0.4, -0.2) is 42.6 Å². The first kappa shape index (κ1) is 19.8. The number of esters is 1. The summed E-state index contributed by atoms with van der Waals surface area (Å²) in [6.45, 7) is 3.52. The van der Waals surface area contributed by atoms with Crippen LogP contribution in [0.1, 0.15) is 11.1 Å². The van der Waals surface area contributed by atoms with Crippen molar-refractivity contribution in [2.24, 2.45) is 0 Å². The lowest BCUT2D eigenvalue weighted by Gasteiger charge is -2.05. The molecule has 4 aromatic heterocycles. The molecule has 0 aromatic carbocycles. The van der Waals surface area contributed by atoms with Crippen molar-refractivity contribution in [3.8, 4) is 0 Å². The number of fused-ring (bicyclic) bond motifs is 2. The van der Waals surface area contributed by atoms with Crippen molar-refractivity contribution in [1.29, 1.82) is 0 Å². The monoisotopic (exact) mass is 394 g/mol. The van der Waals surface area contributed by atoms with Crippen LogP contribution < -0.4 is 11.1 Å². The molecule has 0 atom stereocenters. The number of hydrogen-bond acceptors (Lipinski definition) is 8. The Hall–Kier alpha value is -3.95. The number of nitrogens with one attached hydrogen (secondary N) is 1. The van der Waals surface area contributed by atoms with Gasteiger partial charge in [0.25, 0.3) is 11.1 Å². The van der Waals surface area contributed by atoms with E-state index < -0.39 is 5.97 Å². The summed E-state index contributed by atoms with van der Waals surface area (Å²) in [4.78, 5) is 52.9. The first-order valence-electron chi connectivity index (χ1n) is 8.59. The summed E-state index contributed by atoms with van der Waals surface area (Å²) in [5, 5.41) is 0.999. The van der Waals surface area contributed by atoms with Gasteiger partial charge in [-0.05, 0) is 37.1 Å². The van der Waals surface area contributed by atoms with E-state index in [-0.39, 0.29) is 17.7 Å². The van der Waals surface area contributed by atoms with E-state index in [0.29, 0.717) is 22.1 Å². The third-order valence-corrected chi connectivity index (χ3v) is 4.21. The summed E-state index contributed by atoms with van der Waals surface area (Å²) in [6, 6.07) is 3.52.